The monoisotopic (exact) mass is 1090 g/mol. The van der Waals surface area contributed by atoms with Crippen LogP contribution in [0, 0.1) is 45.9 Å². The Hall–Kier alpha value is -10.6. The lowest BCUT2D eigenvalue weighted by molar-refractivity contribution is -0.141. The molecule has 0 radical (unpaired) electrons. The van der Waals surface area contributed by atoms with Crippen LogP contribution in [0.4, 0.5) is 26.3 Å². The molecular formula is C55H45F6N15O4. The average molecular weight is 1090 g/mol. The van der Waals surface area contributed by atoms with Gasteiger partial charge >= 0.3 is 12.4 Å². The van der Waals surface area contributed by atoms with Crippen LogP contribution in [0.25, 0.3) is 69.5 Å². The smallest absolute Gasteiger partial charge is 0.433 e. The number of hydrogen-bond acceptors (Lipinski definition) is 13. The molecule has 9 aromatic rings. The molecule has 406 valence electrons. The van der Waals surface area contributed by atoms with Crippen molar-refractivity contribution in [1.82, 2.24) is 54.3 Å². The van der Waals surface area contributed by atoms with Crippen LogP contribution in [0.15, 0.2) is 133 Å². The summed E-state index contributed by atoms with van der Waals surface area (Å²) in [7, 11) is 0. The summed E-state index contributed by atoms with van der Waals surface area (Å²) in [6.07, 6.45) is 5.61. The van der Waals surface area contributed by atoms with Crippen molar-refractivity contribution in [2.24, 2.45) is 17.2 Å². The molecule has 0 aliphatic carbocycles. The van der Waals surface area contributed by atoms with E-state index in [-0.39, 0.29) is 33.7 Å². The Labute approximate surface area is 451 Å². The Kier molecular flexibility index (Phi) is 17.2. The molecule has 0 saturated carbocycles. The second kappa shape index (κ2) is 24.1. The fourth-order valence-electron chi connectivity index (χ4n) is 7.75. The Morgan fingerprint density at radius 1 is 0.537 bits per heavy atom. The van der Waals surface area contributed by atoms with Crippen LogP contribution in [-0.4, -0.2) is 72.0 Å². The highest BCUT2D eigenvalue weighted by Crippen LogP contribution is 2.33. The highest BCUT2D eigenvalue weighted by atomic mass is 19.4. The van der Waals surface area contributed by atoms with Gasteiger partial charge in [-0.25, -0.2) is 29.0 Å². The highest BCUT2D eigenvalue weighted by Gasteiger charge is 2.33. The number of carbonyl (C=O) groups excluding carboxylic acids is 3. The predicted molar refractivity (Wildman–Crippen MR) is 282 cm³/mol. The van der Waals surface area contributed by atoms with E-state index in [1.165, 1.54) is 82.6 Å². The second-order valence-electron chi connectivity index (χ2n) is 17.7. The molecule has 0 bridgehead atoms. The van der Waals surface area contributed by atoms with Crippen molar-refractivity contribution < 1.29 is 45.1 Å². The average Bonchev–Trinajstić information content (AvgIpc) is 4.26. The van der Waals surface area contributed by atoms with Crippen LogP contribution >= 0.6 is 0 Å². The maximum Gasteiger partial charge on any atom is 0.433 e. The lowest BCUT2D eigenvalue weighted by Gasteiger charge is -2.09. The summed E-state index contributed by atoms with van der Waals surface area (Å²) in [6, 6.07) is 22.6. The molecule has 6 heterocycles. The molecule has 80 heavy (non-hydrogen) atoms. The van der Waals surface area contributed by atoms with E-state index in [0.29, 0.717) is 33.9 Å². The summed E-state index contributed by atoms with van der Waals surface area (Å²) in [4.78, 5) is 55.0. The molecule has 0 spiro atoms. The first-order chi connectivity index (χ1) is 37.8. The van der Waals surface area contributed by atoms with Crippen LogP contribution in [-0.2, 0) is 26.7 Å². The van der Waals surface area contributed by atoms with Gasteiger partial charge in [0.25, 0.3) is 17.7 Å². The van der Waals surface area contributed by atoms with Gasteiger partial charge in [-0.1, -0.05) is 34.4 Å². The van der Waals surface area contributed by atoms with Gasteiger partial charge in [-0.05, 0) is 112 Å². The third-order valence-electron chi connectivity index (χ3n) is 11.1. The number of benzene rings is 3. The summed E-state index contributed by atoms with van der Waals surface area (Å²) in [5, 5.41) is 21.7. The molecule has 6 N–H and O–H groups in total. The van der Waals surface area contributed by atoms with Crippen molar-refractivity contribution in [2.45, 2.75) is 47.0 Å². The first-order valence-electron chi connectivity index (χ1n) is 23.4. The molecule has 6 aromatic heterocycles. The Morgan fingerprint density at radius 3 is 1.39 bits per heavy atom. The van der Waals surface area contributed by atoms with Gasteiger partial charge in [0.15, 0.2) is 17.5 Å². The SMILES string of the molecule is Cc1cc(-c2ncn(/C=C(/C(N)=O)c3ccoc3)n2)cc(C(F)(F)F)c1.Cc1cc(C)cc(-c2ncn(/C=C(/C(N)=O)c3ccnc(C(F)(F)F)c3)n2)c1.Cc1cc(C)cc(-c2ncn(/C=C(/C(N)=O)c3cncc(C#N)c3)n2)c1. The molecule has 0 aliphatic heterocycles. The molecule has 0 atom stereocenters. The highest BCUT2D eigenvalue weighted by molar-refractivity contribution is 6.23. The number of aromatic nitrogens is 11. The van der Waals surface area contributed by atoms with Crippen molar-refractivity contribution >= 4 is 53.0 Å². The van der Waals surface area contributed by atoms with Crippen LogP contribution in [0.1, 0.15) is 61.3 Å². The second-order valence-corrected chi connectivity index (χ2v) is 17.7. The van der Waals surface area contributed by atoms with E-state index < -0.39 is 41.3 Å². The van der Waals surface area contributed by atoms with Gasteiger partial charge in [0.05, 0.1) is 40.4 Å². The third-order valence-corrected chi connectivity index (χ3v) is 11.1. The molecule has 19 nitrogen and oxygen atoms in total. The van der Waals surface area contributed by atoms with Crippen LogP contribution in [0.5, 0.6) is 0 Å². The molecular weight excluding hydrogens is 1050 g/mol. The minimum atomic E-state index is -4.64. The number of pyridine rings is 2. The Bertz CT molecular complexity index is 3860. The molecule has 0 saturated heterocycles. The minimum Gasteiger partial charge on any atom is -0.472 e. The number of halogens is 6. The Morgan fingerprint density at radius 2 is 0.975 bits per heavy atom. The van der Waals surface area contributed by atoms with E-state index in [2.05, 4.69) is 46.3 Å². The van der Waals surface area contributed by atoms with E-state index in [1.54, 1.807) is 25.1 Å². The van der Waals surface area contributed by atoms with Crippen LogP contribution in [0.2, 0.25) is 0 Å². The van der Waals surface area contributed by atoms with Crippen molar-refractivity contribution in [1.29, 1.82) is 5.26 Å². The lowest BCUT2D eigenvalue weighted by atomic mass is 10.1. The van der Waals surface area contributed by atoms with Gasteiger partial charge in [0.1, 0.15) is 30.7 Å². The zero-order valence-electron chi connectivity index (χ0n) is 42.9. The zero-order chi connectivity index (χ0) is 58.1. The summed E-state index contributed by atoms with van der Waals surface area (Å²) >= 11 is 0. The maximum atomic E-state index is 13.0. The van der Waals surface area contributed by atoms with E-state index in [4.69, 9.17) is 26.9 Å². The summed E-state index contributed by atoms with van der Waals surface area (Å²) in [6.45, 7) is 9.46. The number of aryl methyl sites for hydroxylation is 5. The molecule has 3 aromatic carbocycles. The summed E-state index contributed by atoms with van der Waals surface area (Å²) in [5.74, 6) is -1.21. The maximum absolute atomic E-state index is 13.0. The van der Waals surface area contributed by atoms with Crippen LogP contribution in [0.3, 0.4) is 0 Å². The molecule has 9 rings (SSSR count). The first-order valence-corrected chi connectivity index (χ1v) is 23.4. The molecule has 3 amide bonds. The van der Waals surface area contributed by atoms with Crippen molar-refractivity contribution in [2.75, 3.05) is 0 Å². The van der Waals surface area contributed by atoms with Gasteiger partial charge in [-0.2, -0.15) is 31.6 Å². The standard InChI is InChI=1S/C19H16F3N5O.C19H16N6O.C17H13F3N4O2/c1-11-5-12(2)7-14(6-11)18-25-10-27(26-18)9-15(17(23)28)13-3-4-24-16(8-13)19(20,21)22;1-12-3-13(2)5-15(4-12)19-23-11-25(24-19)10-17(18(21)26)16-6-14(7-20)8-22-9-16;1-10-4-12(6-13(5-10)17(18,19)20)16-22-9-24(23-16)7-14(15(21)25)11-2-3-26-8-11/h3-10H,1-2H3,(H2,23,28);3-6,8-11H,1-2H3,(H2,21,26);2-9H,1H3,(H2,21,25)/b15-9+;17-10+;14-7+. The van der Waals surface area contributed by atoms with Gasteiger partial charge in [0.2, 0.25) is 0 Å². The summed E-state index contributed by atoms with van der Waals surface area (Å²) < 4.78 is 86.4. The van der Waals surface area contributed by atoms with Gasteiger partial charge < -0.3 is 21.6 Å². The number of nitrogens with two attached hydrogens (primary N) is 3. The van der Waals surface area contributed by atoms with Crippen molar-refractivity contribution in [3.8, 4) is 40.2 Å². The number of nitrogens with zero attached hydrogens (tertiary/aromatic N) is 12. The number of alkyl halides is 6. The lowest BCUT2D eigenvalue weighted by Crippen LogP contribution is -2.15. The van der Waals surface area contributed by atoms with Gasteiger partial charge in [-0.15, -0.1) is 15.3 Å². The fraction of sp³-hybridized carbons (Fsp3) is 0.127. The topological polar surface area (TPSA) is 284 Å². The number of rotatable bonds is 12. The predicted octanol–water partition coefficient (Wildman–Crippen LogP) is 9.12. The number of amides is 3. The van der Waals surface area contributed by atoms with Gasteiger partial charge in [0, 0.05) is 65.0 Å². The number of primary amides is 3. The summed E-state index contributed by atoms with van der Waals surface area (Å²) in [5.41, 5.74) is 22.3. The largest absolute Gasteiger partial charge is 0.472 e. The molecule has 0 aliphatic rings. The fourth-order valence-corrected chi connectivity index (χ4v) is 7.75. The van der Waals surface area contributed by atoms with E-state index in [1.807, 2.05) is 64.1 Å². The van der Waals surface area contributed by atoms with Gasteiger partial charge in [-0.3, -0.25) is 24.4 Å². The Balaban J connectivity index is 0.000000174. The molecule has 25 heteroatoms. The van der Waals surface area contributed by atoms with Crippen molar-refractivity contribution in [3.63, 3.8) is 0 Å². The minimum absolute atomic E-state index is 0.0155. The number of furan rings is 1. The molecule has 0 fully saturated rings. The normalized spacial score (nSPS) is 11.9. The van der Waals surface area contributed by atoms with Crippen molar-refractivity contribution in [3.05, 3.63) is 190 Å². The number of carbonyl (C=O) groups is 3. The third kappa shape index (κ3) is 14.8. The molecule has 0 unspecified atom stereocenters. The zero-order valence-corrected chi connectivity index (χ0v) is 42.9. The number of hydrogen-bond donors (Lipinski definition) is 3. The quantitative estimate of drug-likeness (QED) is 0.0761. The first kappa shape index (κ1) is 57.1. The van der Waals surface area contributed by atoms with E-state index in [9.17, 15) is 40.7 Å². The van der Waals surface area contributed by atoms with Crippen LogP contribution < -0.4 is 17.2 Å². The number of nitriles is 1. The van der Waals surface area contributed by atoms with E-state index in [0.717, 1.165) is 57.8 Å². The van der Waals surface area contributed by atoms with E-state index >= 15 is 0 Å².